The smallest absolute Gasteiger partial charge is 0.262 e. The molecule has 0 bridgehead atoms. The van der Waals surface area contributed by atoms with E-state index in [1.165, 1.54) is 20.2 Å². The van der Waals surface area contributed by atoms with Gasteiger partial charge in [0.15, 0.2) is 10.8 Å². The van der Waals surface area contributed by atoms with Crippen molar-refractivity contribution in [3.8, 4) is 0 Å². The topological polar surface area (TPSA) is 86.0 Å². The van der Waals surface area contributed by atoms with E-state index in [1.807, 2.05) is 6.92 Å². The van der Waals surface area contributed by atoms with Crippen molar-refractivity contribution in [2.45, 2.75) is 37.5 Å². The van der Waals surface area contributed by atoms with Crippen molar-refractivity contribution in [2.24, 2.45) is 0 Å². The zero-order valence-electron chi connectivity index (χ0n) is 13.0. The molecular formula is C13H18N4O4S2. The highest BCUT2D eigenvalue weighted by Gasteiger charge is 2.43. The zero-order chi connectivity index (χ0) is 16.2. The summed E-state index contributed by atoms with van der Waals surface area (Å²) < 4.78 is 40.3. The van der Waals surface area contributed by atoms with Gasteiger partial charge in [-0.2, -0.15) is 13.9 Å². The highest BCUT2D eigenvalue weighted by atomic mass is 32.2. The third-order valence-electron chi connectivity index (χ3n) is 4.31. The number of aromatic nitrogens is 3. The van der Waals surface area contributed by atoms with E-state index < -0.39 is 15.8 Å². The molecule has 0 unspecified atom stereocenters. The van der Waals surface area contributed by atoms with Crippen LogP contribution in [0.2, 0.25) is 0 Å². The van der Waals surface area contributed by atoms with E-state index >= 15 is 0 Å². The summed E-state index contributed by atoms with van der Waals surface area (Å²) in [6.07, 6.45) is 1.09. The minimum Gasteiger partial charge on any atom is -0.347 e. The number of piperidine rings is 1. The summed E-state index contributed by atoms with van der Waals surface area (Å²) in [6, 6.07) is 0. The lowest BCUT2D eigenvalue weighted by atomic mass is 10.1. The van der Waals surface area contributed by atoms with E-state index in [2.05, 4.69) is 10.1 Å². The maximum atomic E-state index is 13.0. The van der Waals surface area contributed by atoms with Crippen LogP contribution < -0.4 is 0 Å². The first-order valence-corrected chi connectivity index (χ1v) is 9.78. The molecule has 0 atom stereocenters. The highest BCUT2D eigenvalue weighted by molar-refractivity contribution is 7.89. The molecule has 1 spiro atoms. The van der Waals surface area contributed by atoms with Crippen LogP contribution in [0.25, 0.3) is 4.96 Å². The first kappa shape index (κ1) is 15.5. The second kappa shape index (κ2) is 5.21. The molecule has 2 saturated heterocycles. The van der Waals surface area contributed by atoms with Crippen LogP contribution in [-0.2, 0) is 19.5 Å². The van der Waals surface area contributed by atoms with Gasteiger partial charge in [0.05, 0.1) is 18.9 Å². The molecule has 0 N–H and O–H groups in total. The number of sulfonamides is 1. The van der Waals surface area contributed by atoms with Gasteiger partial charge in [0.1, 0.15) is 5.01 Å². The van der Waals surface area contributed by atoms with E-state index in [-0.39, 0.29) is 5.03 Å². The predicted molar refractivity (Wildman–Crippen MR) is 83.0 cm³/mol. The number of hydrogen-bond acceptors (Lipinski definition) is 7. The fraction of sp³-hybridized carbons (Fsp3) is 0.692. The Bertz CT molecular complexity index is 841. The minimum atomic E-state index is -3.64. The number of fused-ring (bicyclic) bond motifs is 1. The van der Waals surface area contributed by atoms with Crippen molar-refractivity contribution in [1.82, 2.24) is 18.9 Å². The first-order chi connectivity index (χ1) is 10.9. The number of hydrogen-bond donors (Lipinski definition) is 0. The Balaban J connectivity index is 1.66. The molecule has 10 heteroatoms. The van der Waals surface area contributed by atoms with Crippen LogP contribution in [-0.4, -0.2) is 59.4 Å². The van der Waals surface area contributed by atoms with Gasteiger partial charge in [-0.3, -0.25) is 0 Å². The Labute approximate surface area is 138 Å². The fourth-order valence-corrected chi connectivity index (χ4v) is 5.72. The molecule has 0 saturated carbocycles. The quantitative estimate of drug-likeness (QED) is 0.794. The molecule has 0 amide bonds. The normalized spacial score (nSPS) is 22.3. The highest BCUT2D eigenvalue weighted by Crippen LogP contribution is 2.34. The standard InChI is InChI=1S/C13H18N4O4S2/c1-9-11(17-12(14-9)22-10(2)15-17)23(18,19)16-5-3-13(4-6-16)20-7-8-21-13/h3-8H2,1-2H3. The number of rotatable bonds is 2. The molecule has 2 aromatic rings. The molecule has 4 rings (SSSR count). The SMILES string of the molecule is Cc1nn2c(S(=O)(=O)N3CCC4(CC3)OCCO4)c(C)nc2s1. The van der Waals surface area contributed by atoms with Crippen LogP contribution in [0, 0.1) is 13.8 Å². The van der Waals surface area contributed by atoms with Crippen LogP contribution in [0.1, 0.15) is 23.5 Å². The van der Waals surface area contributed by atoms with E-state index in [0.29, 0.717) is 49.8 Å². The Morgan fingerprint density at radius 1 is 1.17 bits per heavy atom. The van der Waals surface area contributed by atoms with Crippen molar-refractivity contribution in [3.05, 3.63) is 10.7 Å². The third-order valence-corrected chi connectivity index (χ3v) is 7.13. The van der Waals surface area contributed by atoms with E-state index in [1.54, 1.807) is 6.92 Å². The van der Waals surface area contributed by atoms with Crippen molar-refractivity contribution in [2.75, 3.05) is 26.3 Å². The molecule has 2 fully saturated rings. The third kappa shape index (κ3) is 2.40. The molecule has 126 valence electrons. The van der Waals surface area contributed by atoms with Gasteiger partial charge in [0, 0.05) is 25.9 Å². The number of aryl methyl sites for hydroxylation is 2. The molecule has 8 nitrogen and oxygen atoms in total. The van der Waals surface area contributed by atoms with Gasteiger partial charge in [0.25, 0.3) is 10.0 Å². The Hall–Kier alpha value is -1.07. The summed E-state index contributed by atoms with van der Waals surface area (Å²) in [6.45, 7) is 5.44. The Morgan fingerprint density at radius 3 is 2.48 bits per heavy atom. The van der Waals surface area contributed by atoms with Crippen LogP contribution >= 0.6 is 11.3 Å². The van der Waals surface area contributed by atoms with Gasteiger partial charge in [-0.15, -0.1) is 0 Å². The molecule has 4 heterocycles. The van der Waals surface area contributed by atoms with E-state index in [9.17, 15) is 8.42 Å². The van der Waals surface area contributed by atoms with Gasteiger partial charge in [-0.05, 0) is 13.8 Å². The Kier molecular flexibility index (Phi) is 3.50. The summed E-state index contributed by atoms with van der Waals surface area (Å²) in [4.78, 5) is 4.94. The van der Waals surface area contributed by atoms with Crippen LogP contribution in [0.4, 0.5) is 0 Å². The first-order valence-electron chi connectivity index (χ1n) is 7.52. The van der Waals surface area contributed by atoms with Gasteiger partial charge in [-0.25, -0.2) is 13.4 Å². The summed E-state index contributed by atoms with van der Waals surface area (Å²) >= 11 is 1.38. The van der Waals surface area contributed by atoms with Gasteiger partial charge in [-0.1, -0.05) is 11.3 Å². The van der Waals surface area contributed by atoms with Crippen molar-refractivity contribution in [1.29, 1.82) is 0 Å². The molecular weight excluding hydrogens is 340 g/mol. The predicted octanol–water partition coefficient (Wildman–Crippen LogP) is 0.935. The maximum Gasteiger partial charge on any atom is 0.262 e. The molecule has 23 heavy (non-hydrogen) atoms. The van der Waals surface area contributed by atoms with Crippen LogP contribution in [0.3, 0.4) is 0 Å². The summed E-state index contributed by atoms with van der Waals surface area (Å²) in [5, 5.41) is 5.24. The van der Waals surface area contributed by atoms with Gasteiger partial charge >= 0.3 is 0 Å². The lowest BCUT2D eigenvalue weighted by Crippen LogP contribution is -2.47. The Morgan fingerprint density at radius 2 is 1.83 bits per heavy atom. The van der Waals surface area contributed by atoms with Crippen LogP contribution in [0.5, 0.6) is 0 Å². The van der Waals surface area contributed by atoms with Crippen molar-refractivity contribution in [3.63, 3.8) is 0 Å². The summed E-state index contributed by atoms with van der Waals surface area (Å²) in [7, 11) is -3.64. The average Bonchev–Trinajstić information content (AvgIpc) is 3.14. The van der Waals surface area contributed by atoms with Gasteiger partial charge < -0.3 is 9.47 Å². The zero-order valence-corrected chi connectivity index (χ0v) is 14.6. The minimum absolute atomic E-state index is 0.168. The second-order valence-corrected chi connectivity index (χ2v) is 8.84. The maximum absolute atomic E-state index is 13.0. The monoisotopic (exact) mass is 358 g/mol. The number of ether oxygens (including phenoxy) is 2. The molecule has 0 aromatic carbocycles. The molecule has 2 aliphatic rings. The lowest BCUT2D eigenvalue weighted by molar-refractivity contribution is -0.179. The van der Waals surface area contributed by atoms with E-state index in [0.717, 1.165) is 5.01 Å². The fourth-order valence-electron chi connectivity index (χ4n) is 3.20. The van der Waals surface area contributed by atoms with Crippen molar-refractivity contribution >= 4 is 26.3 Å². The number of nitrogens with zero attached hydrogens (tertiary/aromatic N) is 4. The largest absolute Gasteiger partial charge is 0.347 e. The van der Waals surface area contributed by atoms with E-state index in [4.69, 9.17) is 9.47 Å². The summed E-state index contributed by atoms with van der Waals surface area (Å²) in [5.74, 6) is -0.592. The summed E-state index contributed by atoms with van der Waals surface area (Å²) in [5.41, 5.74) is 0.484. The number of imidazole rings is 1. The van der Waals surface area contributed by atoms with Gasteiger partial charge in [0.2, 0.25) is 4.96 Å². The molecule has 2 aliphatic heterocycles. The average molecular weight is 358 g/mol. The molecule has 0 radical (unpaired) electrons. The molecule has 2 aromatic heterocycles. The van der Waals surface area contributed by atoms with Crippen LogP contribution in [0.15, 0.2) is 5.03 Å². The van der Waals surface area contributed by atoms with Crippen molar-refractivity contribution < 1.29 is 17.9 Å². The molecule has 0 aliphatic carbocycles. The second-order valence-electron chi connectivity index (χ2n) is 5.83. The lowest BCUT2D eigenvalue weighted by Gasteiger charge is -2.36.